The molecule has 0 bridgehead atoms. The molecule has 0 spiro atoms. The van der Waals surface area contributed by atoms with E-state index in [1.807, 2.05) is 0 Å². The van der Waals surface area contributed by atoms with Gasteiger partial charge in [0.1, 0.15) is 0 Å². The Labute approximate surface area is 47.6 Å². The van der Waals surface area contributed by atoms with E-state index in [1.54, 1.807) is 0 Å². The predicted molar refractivity (Wildman–Crippen MR) is 21.2 cm³/mol. The molecule has 6 heavy (non-hydrogen) atoms. The summed E-state index contributed by atoms with van der Waals surface area (Å²) in [7, 11) is 0. The topological polar surface area (TPSA) is 34.5 Å². The van der Waals surface area contributed by atoms with Crippen LogP contribution in [-0.4, -0.2) is 18.9 Å². The number of nitrogens with one attached hydrogen (secondary N) is 1. The first-order valence-corrected chi connectivity index (χ1v) is 2.24. The average Bonchev–Trinajstić information content (AvgIpc) is 1.76. The van der Waals surface area contributed by atoms with Crippen molar-refractivity contribution in [2.45, 2.75) is 0 Å². The Morgan fingerprint density at radius 2 is 1.67 bits per heavy atom. The average molecular weight is 109 g/mol. The Morgan fingerprint density at radius 1 is 1.50 bits per heavy atom. The van der Waals surface area contributed by atoms with Gasteiger partial charge in [-0.25, -0.2) is 0 Å². The maximum atomic E-state index is 10.9. The first-order chi connectivity index (χ1) is 2.21. The van der Waals surface area contributed by atoms with Gasteiger partial charge in [0.2, 0.25) is 0 Å². The van der Waals surface area contributed by atoms with E-state index in [2.05, 4.69) is 4.28 Å². The molecule has 1 heterocycles. The Hall–Kier alpha value is 0.727. The van der Waals surface area contributed by atoms with Gasteiger partial charge in [-0.3, -0.25) is 0 Å². The number of rotatable bonds is 0. The molecule has 34 valence electrons. The third kappa shape index (κ3) is 2.00. The summed E-state index contributed by atoms with van der Waals surface area (Å²) in [4.78, 5) is 1.42. The molecule has 2 nitrogen and oxygen atoms in total. The van der Waals surface area contributed by atoms with Gasteiger partial charge in [0.25, 0.3) is 11.3 Å². The minimum absolute atomic E-state index is 0. The number of hydrogen-bond donors (Lipinski definition) is 1. The van der Waals surface area contributed by atoms with Crippen molar-refractivity contribution in [1.82, 2.24) is 4.89 Å². The second-order valence-corrected chi connectivity index (χ2v) is 1.77. The molecule has 6 heteroatoms. The van der Waals surface area contributed by atoms with E-state index in [0.717, 1.165) is 0 Å². The van der Waals surface area contributed by atoms with Gasteiger partial charge in [-0.1, -0.05) is 4.89 Å². The fraction of sp³-hybridized carbons (Fsp3) is 0. The first kappa shape index (κ1) is 6.73. The van der Waals surface area contributed by atoms with Gasteiger partial charge in [-0.2, -0.15) is 4.28 Å². The van der Waals surface area contributed by atoms with Crippen LogP contribution in [0.4, 0.5) is 7.77 Å². The molecule has 1 saturated heterocycles. The van der Waals surface area contributed by atoms with Crippen molar-refractivity contribution in [2.75, 3.05) is 0 Å². The Morgan fingerprint density at radius 3 is 1.67 bits per heavy atom. The van der Waals surface area contributed by atoms with Crippen molar-refractivity contribution in [1.29, 1.82) is 0 Å². The van der Waals surface area contributed by atoms with Crippen LogP contribution in [0.25, 0.3) is 0 Å². The van der Waals surface area contributed by atoms with Crippen LogP contribution in [0.15, 0.2) is 0 Å². The van der Waals surface area contributed by atoms with Crippen LogP contribution in [0.3, 0.4) is 0 Å². The van der Waals surface area contributed by atoms with Crippen molar-refractivity contribution < 1.29 is 12.1 Å². The molecule has 0 aromatic rings. The van der Waals surface area contributed by atoms with Crippen molar-refractivity contribution in [3.05, 3.63) is 0 Å². The van der Waals surface area contributed by atoms with Crippen LogP contribution in [0, 0.1) is 0 Å². The van der Waals surface area contributed by atoms with E-state index in [-0.39, 0.29) is 18.9 Å². The van der Waals surface area contributed by atoms with Gasteiger partial charge in [-0.15, -0.1) is 7.77 Å². The quantitative estimate of drug-likeness (QED) is 0.358. The summed E-state index contributed by atoms with van der Waals surface area (Å²) in [5.41, 5.74) is 0. The molecule has 0 radical (unpaired) electrons. The van der Waals surface area contributed by atoms with E-state index in [4.69, 9.17) is 0 Å². The molecule has 0 aromatic carbocycles. The first-order valence-electron chi connectivity index (χ1n) is 0.884. The maximum absolute atomic E-state index is 10.9. The van der Waals surface area contributed by atoms with Crippen LogP contribution >= 0.6 is 11.3 Å². The van der Waals surface area contributed by atoms with Crippen LogP contribution in [0.2, 0.25) is 0 Å². The molecule has 1 aliphatic rings. The molecule has 0 aromatic heterocycles. The molecule has 1 aliphatic heterocycles. The van der Waals surface area contributed by atoms with E-state index < -0.39 is 11.3 Å². The third-order valence-electron chi connectivity index (χ3n) is 0.209. The summed E-state index contributed by atoms with van der Waals surface area (Å²) in [6.45, 7) is 0. The summed E-state index contributed by atoms with van der Waals surface area (Å²) < 4.78 is 25.2. The molecule has 1 rings (SSSR count). The van der Waals surface area contributed by atoms with Crippen LogP contribution in [0.5, 0.6) is 0 Å². The zero-order valence-corrected chi connectivity index (χ0v) is 2.89. The predicted octanol–water partition coefficient (Wildman–Crippen LogP) is 0.276. The van der Waals surface area contributed by atoms with Gasteiger partial charge >= 0.3 is 18.9 Å². The van der Waals surface area contributed by atoms with Crippen molar-refractivity contribution in [3.8, 4) is 0 Å². The van der Waals surface area contributed by atoms with Gasteiger partial charge in [-0.05, 0) is 0 Å². The number of halogens is 2. The van der Waals surface area contributed by atoms with Gasteiger partial charge in [0, 0.05) is 0 Å². The molecular weight excluding hydrogens is 107 g/mol. The van der Waals surface area contributed by atoms with Crippen LogP contribution in [0.1, 0.15) is 0 Å². The zero-order chi connectivity index (χ0) is 3.91. The third-order valence-corrected chi connectivity index (χ3v) is 0.628. The Balaban J connectivity index is 0.000000250. The van der Waals surface area contributed by atoms with E-state index in [9.17, 15) is 7.77 Å². The molecule has 0 unspecified atom stereocenters. The zero-order valence-electron chi connectivity index (χ0n) is 2.07. The van der Waals surface area contributed by atoms with Crippen LogP contribution in [-0.2, 0) is 4.28 Å². The van der Waals surface area contributed by atoms with E-state index in [0.29, 0.717) is 0 Å². The monoisotopic (exact) mass is 109 g/mol. The van der Waals surface area contributed by atoms with Crippen molar-refractivity contribution in [2.24, 2.45) is 0 Å². The fourth-order valence-electron chi connectivity index (χ4n) is 0.0257. The molecule has 1 fully saturated rings. The van der Waals surface area contributed by atoms with Crippen LogP contribution < -0.4 is 4.89 Å². The van der Waals surface area contributed by atoms with Crippen molar-refractivity contribution >= 4 is 30.1 Å². The molecule has 0 saturated carbocycles. The summed E-state index contributed by atoms with van der Waals surface area (Å²) in [6, 6.07) is 0. The summed E-state index contributed by atoms with van der Waals surface area (Å²) >= 11 is -3.67. The van der Waals surface area contributed by atoms with Gasteiger partial charge in [0.15, 0.2) is 0 Å². The summed E-state index contributed by atoms with van der Waals surface area (Å²) in [5, 5.41) is 0. The SMILES string of the molecule is FS1(F)NO1.[LiH]. The number of hydrogen-bond acceptors (Lipinski definition) is 2. The van der Waals surface area contributed by atoms with E-state index in [1.165, 1.54) is 4.89 Å². The van der Waals surface area contributed by atoms with Crippen molar-refractivity contribution in [3.63, 3.8) is 0 Å². The molecular formula is H2F2LiNOS. The molecule has 0 aliphatic carbocycles. The fourth-order valence-corrected chi connectivity index (χ4v) is 0.231. The standard InChI is InChI=1S/F2HNOS.Li.H/c1-5(2)3-4-5;;/h3H;;. The summed E-state index contributed by atoms with van der Waals surface area (Å²) in [5.74, 6) is 0. The summed E-state index contributed by atoms with van der Waals surface area (Å²) in [6.07, 6.45) is 0. The van der Waals surface area contributed by atoms with E-state index >= 15 is 0 Å². The van der Waals surface area contributed by atoms with Gasteiger partial charge < -0.3 is 0 Å². The normalized spacial score (nSPS) is 30.3. The molecule has 0 amide bonds. The van der Waals surface area contributed by atoms with Gasteiger partial charge in [0.05, 0.1) is 0 Å². The Bertz CT molecular complexity index is 51.5. The minimum atomic E-state index is -3.67. The molecule has 0 atom stereocenters. The Kier molecular flexibility index (Phi) is 1.88. The second-order valence-electron chi connectivity index (χ2n) is 0.589. The second kappa shape index (κ2) is 1.68. The molecule has 1 N–H and O–H groups in total.